The summed E-state index contributed by atoms with van der Waals surface area (Å²) in [6.45, 7) is 6.29. The number of likely N-dealkylation sites (tertiary alicyclic amines) is 1. The second kappa shape index (κ2) is 13.5. The monoisotopic (exact) mass is 521 g/mol. The molecule has 1 aliphatic rings. The minimum absolute atomic E-state index is 0.0328. The standard InChI is InChI=1S/C30H36FN3O2S/c1-24-10-15-28(37-24)22-34(21-26-11-13-27(31)14-12-26)30(36)23-33(19-18-32-16-6-3-7-17-32)29(35)20-25-8-4-2-5-9-25/h2,4-5,8-15H,3,6-7,16-23H2,1H3. The van der Waals surface area contributed by atoms with Crippen LogP contribution in [0.3, 0.4) is 0 Å². The van der Waals surface area contributed by atoms with Gasteiger partial charge in [0.05, 0.1) is 19.5 Å². The third kappa shape index (κ3) is 8.51. The summed E-state index contributed by atoms with van der Waals surface area (Å²) in [7, 11) is 0. The van der Waals surface area contributed by atoms with Gasteiger partial charge in [-0.15, -0.1) is 11.3 Å². The molecule has 0 unspecified atom stereocenters. The number of rotatable bonds is 11. The van der Waals surface area contributed by atoms with Crippen molar-refractivity contribution in [3.63, 3.8) is 0 Å². The van der Waals surface area contributed by atoms with E-state index in [1.807, 2.05) is 43.3 Å². The molecule has 1 fully saturated rings. The smallest absolute Gasteiger partial charge is 0.242 e. The molecule has 0 saturated carbocycles. The largest absolute Gasteiger partial charge is 0.332 e. The van der Waals surface area contributed by atoms with Gasteiger partial charge in [-0.2, -0.15) is 0 Å². The van der Waals surface area contributed by atoms with Gasteiger partial charge in [0.15, 0.2) is 0 Å². The van der Waals surface area contributed by atoms with Crippen molar-refractivity contribution in [3.8, 4) is 0 Å². The first kappa shape index (κ1) is 27.0. The zero-order valence-corrected chi connectivity index (χ0v) is 22.4. The zero-order valence-electron chi connectivity index (χ0n) is 21.6. The lowest BCUT2D eigenvalue weighted by Crippen LogP contribution is -2.46. The molecule has 0 spiro atoms. The Hall–Kier alpha value is -3.03. The van der Waals surface area contributed by atoms with Crippen molar-refractivity contribution < 1.29 is 14.0 Å². The van der Waals surface area contributed by atoms with Crippen LogP contribution in [0.4, 0.5) is 4.39 Å². The molecule has 37 heavy (non-hydrogen) atoms. The Balaban J connectivity index is 1.49. The van der Waals surface area contributed by atoms with Gasteiger partial charge in [-0.25, -0.2) is 4.39 Å². The fraction of sp³-hybridized carbons (Fsp3) is 0.400. The average molecular weight is 522 g/mol. The minimum atomic E-state index is -0.300. The Bertz CT molecular complexity index is 1140. The number of thiophene rings is 1. The number of carbonyl (C=O) groups is 2. The Morgan fingerprint density at radius 2 is 1.57 bits per heavy atom. The highest BCUT2D eigenvalue weighted by Crippen LogP contribution is 2.19. The molecule has 0 atom stereocenters. The highest BCUT2D eigenvalue weighted by atomic mass is 32.1. The normalized spacial score (nSPS) is 13.9. The number of hydrogen-bond acceptors (Lipinski definition) is 4. The van der Waals surface area contributed by atoms with Crippen LogP contribution in [0.25, 0.3) is 0 Å². The molecule has 7 heteroatoms. The van der Waals surface area contributed by atoms with Crippen molar-refractivity contribution in [2.75, 3.05) is 32.7 Å². The Labute approximate surface area is 223 Å². The molecule has 5 nitrogen and oxygen atoms in total. The van der Waals surface area contributed by atoms with E-state index in [0.717, 1.165) is 35.6 Å². The van der Waals surface area contributed by atoms with E-state index in [1.54, 1.807) is 33.3 Å². The first-order chi connectivity index (χ1) is 18.0. The van der Waals surface area contributed by atoms with E-state index in [2.05, 4.69) is 11.0 Å². The van der Waals surface area contributed by atoms with Gasteiger partial charge in [0.1, 0.15) is 5.82 Å². The molecule has 0 N–H and O–H groups in total. The quantitative estimate of drug-likeness (QED) is 0.345. The Morgan fingerprint density at radius 3 is 2.24 bits per heavy atom. The summed E-state index contributed by atoms with van der Waals surface area (Å²) in [6.07, 6.45) is 3.90. The lowest BCUT2D eigenvalue weighted by Gasteiger charge is -2.31. The molecular weight excluding hydrogens is 485 g/mol. The van der Waals surface area contributed by atoms with Crippen molar-refractivity contribution >= 4 is 23.2 Å². The van der Waals surface area contributed by atoms with Gasteiger partial charge < -0.3 is 14.7 Å². The first-order valence-electron chi connectivity index (χ1n) is 13.1. The van der Waals surface area contributed by atoms with Crippen LogP contribution >= 0.6 is 11.3 Å². The van der Waals surface area contributed by atoms with Crippen molar-refractivity contribution in [1.82, 2.24) is 14.7 Å². The highest BCUT2D eigenvalue weighted by Gasteiger charge is 2.23. The van der Waals surface area contributed by atoms with Gasteiger partial charge in [-0.1, -0.05) is 48.9 Å². The zero-order chi connectivity index (χ0) is 26.0. The second-order valence-electron chi connectivity index (χ2n) is 9.77. The third-order valence-electron chi connectivity index (χ3n) is 6.79. The van der Waals surface area contributed by atoms with Crippen LogP contribution in [0.1, 0.15) is 40.1 Å². The Kier molecular flexibility index (Phi) is 9.85. The van der Waals surface area contributed by atoms with Crippen molar-refractivity contribution in [2.24, 2.45) is 0 Å². The number of hydrogen-bond donors (Lipinski definition) is 0. The summed E-state index contributed by atoms with van der Waals surface area (Å²) in [6, 6.07) is 20.0. The van der Waals surface area contributed by atoms with Crippen LogP contribution < -0.4 is 0 Å². The van der Waals surface area contributed by atoms with Gasteiger partial charge in [0, 0.05) is 29.4 Å². The molecule has 1 aromatic heterocycles. The molecule has 2 heterocycles. The summed E-state index contributed by atoms with van der Waals surface area (Å²) < 4.78 is 13.5. The maximum absolute atomic E-state index is 13.7. The summed E-state index contributed by atoms with van der Waals surface area (Å²) in [5.41, 5.74) is 1.80. The molecule has 2 amide bonds. The predicted molar refractivity (Wildman–Crippen MR) is 147 cm³/mol. The number of aryl methyl sites for hydroxylation is 1. The number of amides is 2. The minimum Gasteiger partial charge on any atom is -0.332 e. The predicted octanol–water partition coefficient (Wildman–Crippen LogP) is 5.28. The van der Waals surface area contributed by atoms with E-state index in [9.17, 15) is 14.0 Å². The van der Waals surface area contributed by atoms with Crippen LogP contribution in [0, 0.1) is 12.7 Å². The van der Waals surface area contributed by atoms with Gasteiger partial charge in [-0.05, 0) is 68.2 Å². The molecule has 1 aliphatic heterocycles. The van der Waals surface area contributed by atoms with Crippen molar-refractivity contribution in [2.45, 2.75) is 45.7 Å². The maximum atomic E-state index is 13.7. The number of carbonyl (C=O) groups excluding carboxylic acids is 2. The van der Waals surface area contributed by atoms with Crippen LogP contribution in [0.2, 0.25) is 0 Å². The summed E-state index contributed by atoms with van der Waals surface area (Å²) in [4.78, 5) is 35.3. The molecule has 2 aromatic carbocycles. The lowest BCUT2D eigenvalue weighted by molar-refractivity contribution is -0.141. The van der Waals surface area contributed by atoms with Crippen molar-refractivity contribution in [1.29, 1.82) is 0 Å². The van der Waals surface area contributed by atoms with E-state index in [-0.39, 0.29) is 30.6 Å². The molecule has 196 valence electrons. The van der Waals surface area contributed by atoms with E-state index in [4.69, 9.17) is 0 Å². The van der Waals surface area contributed by atoms with E-state index in [0.29, 0.717) is 19.6 Å². The van der Waals surface area contributed by atoms with Crippen LogP contribution in [0.15, 0.2) is 66.7 Å². The van der Waals surface area contributed by atoms with Crippen LogP contribution in [-0.2, 0) is 29.1 Å². The molecule has 0 aliphatic carbocycles. The van der Waals surface area contributed by atoms with Crippen molar-refractivity contribution in [3.05, 3.63) is 93.4 Å². The molecular formula is C30H36FN3O2S. The van der Waals surface area contributed by atoms with Crippen LogP contribution in [-0.4, -0.2) is 59.2 Å². The highest BCUT2D eigenvalue weighted by molar-refractivity contribution is 7.11. The van der Waals surface area contributed by atoms with Gasteiger partial charge in [-0.3, -0.25) is 9.59 Å². The maximum Gasteiger partial charge on any atom is 0.242 e. The number of nitrogens with zero attached hydrogens (tertiary/aromatic N) is 3. The molecule has 3 aromatic rings. The number of halogens is 1. The Morgan fingerprint density at radius 1 is 0.838 bits per heavy atom. The summed E-state index contributed by atoms with van der Waals surface area (Å²) in [5.74, 6) is -0.438. The number of benzene rings is 2. The van der Waals surface area contributed by atoms with E-state index in [1.165, 1.54) is 36.3 Å². The SMILES string of the molecule is Cc1ccc(CN(Cc2ccc(F)cc2)C(=O)CN(CCN2CCCCC2)C(=O)Cc2ccccc2)s1. The first-order valence-corrected chi connectivity index (χ1v) is 13.9. The molecule has 1 saturated heterocycles. The van der Waals surface area contributed by atoms with Gasteiger partial charge >= 0.3 is 0 Å². The summed E-state index contributed by atoms with van der Waals surface area (Å²) >= 11 is 1.66. The second-order valence-corrected chi connectivity index (χ2v) is 11.1. The van der Waals surface area contributed by atoms with Crippen LogP contribution in [0.5, 0.6) is 0 Å². The lowest BCUT2D eigenvalue weighted by atomic mass is 10.1. The van der Waals surface area contributed by atoms with E-state index >= 15 is 0 Å². The van der Waals surface area contributed by atoms with Gasteiger partial charge in [0.25, 0.3) is 0 Å². The van der Waals surface area contributed by atoms with E-state index < -0.39 is 0 Å². The number of piperidine rings is 1. The average Bonchev–Trinajstić information content (AvgIpc) is 3.32. The summed E-state index contributed by atoms with van der Waals surface area (Å²) in [5, 5.41) is 0. The molecule has 4 rings (SSSR count). The topological polar surface area (TPSA) is 43.9 Å². The fourth-order valence-corrected chi connectivity index (χ4v) is 5.59. The third-order valence-corrected chi connectivity index (χ3v) is 7.78. The molecule has 0 radical (unpaired) electrons. The van der Waals surface area contributed by atoms with Gasteiger partial charge in [0.2, 0.25) is 11.8 Å². The molecule has 0 bridgehead atoms. The fourth-order valence-electron chi connectivity index (χ4n) is 4.68.